The molecule has 6 heteroatoms. The van der Waals surface area contributed by atoms with Gasteiger partial charge in [0, 0.05) is 6.92 Å². The van der Waals surface area contributed by atoms with Crippen molar-refractivity contribution in [2.75, 3.05) is 19.8 Å². The summed E-state index contributed by atoms with van der Waals surface area (Å²) >= 11 is 0. The lowest BCUT2D eigenvalue weighted by Gasteiger charge is -2.36. The van der Waals surface area contributed by atoms with Gasteiger partial charge in [0.25, 0.3) is 8.32 Å². The number of benzene rings is 2. The van der Waals surface area contributed by atoms with Crippen molar-refractivity contribution in [3.05, 3.63) is 60.7 Å². The van der Waals surface area contributed by atoms with Crippen LogP contribution in [0.3, 0.4) is 0 Å². The van der Waals surface area contributed by atoms with E-state index >= 15 is 0 Å². The fourth-order valence-electron chi connectivity index (χ4n) is 3.57. The van der Waals surface area contributed by atoms with Gasteiger partial charge in [0.15, 0.2) is 0 Å². The van der Waals surface area contributed by atoms with Crippen molar-refractivity contribution in [2.24, 2.45) is 0 Å². The summed E-state index contributed by atoms with van der Waals surface area (Å²) in [5.41, 5.74) is 0. The van der Waals surface area contributed by atoms with Gasteiger partial charge >= 0.3 is 11.9 Å². The molecule has 0 bridgehead atoms. The number of esters is 1. The summed E-state index contributed by atoms with van der Waals surface area (Å²) < 4.78 is 23.4. The molecule has 0 saturated carbocycles. The maximum absolute atomic E-state index is 11.6. The molecular weight excluding hydrogens is 372 g/mol. The predicted molar refractivity (Wildman–Crippen MR) is 110 cm³/mol. The molecule has 0 N–H and O–H groups in total. The van der Waals surface area contributed by atoms with Crippen LogP contribution in [0.2, 0.25) is 6.04 Å². The quantitative estimate of drug-likeness (QED) is 0.479. The lowest BCUT2D eigenvalue weighted by atomic mass is 10.4. The van der Waals surface area contributed by atoms with E-state index in [0.717, 1.165) is 18.9 Å². The molecule has 1 heterocycles. The second-order valence-corrected chi connectivity index (χ2v) is 10.5. The maximum atomic E-state index is 11.6. The van der Waals surface area contributed by atoms with Gasteiger partial charge < -0.3 is 18.6 Å². The number of unbranched alkanes of at least 4 members (excludes halogenated alkanes) is 1. The van der Waals surface area contributed by atoms with E-state index in [1.807, 2.05) is 36.4 Å². The predicted octanol–water partition coefficient (Wildman–Crippen LogP) is 2.83. The van der Waals surface area contributed by atoms with Gasteiger partial charge in [-0.2, -0.15) is 0 Å². The third-order valence-electron chi connectivity index (χ3n) is 4.88. The van der Waals surface area contributed by atoms with Gasteiger partial charge in [-0.3, -0.25) is 4.79 Å². The topological polar surface area (TPSA) is 54.0 Å². The van der Waals surface area contributed by atoms with Crippen molar-refractivity contribution in [2.45, 2.75) is 38.7 Å². The summed E-state index contributed by atoms with van der Waals surface area (Å²) in [6.07, 6.45) is 2.11. The number of hydrogen-bond donors (Lipinski definition) is 0. The van der Waals surface area contributed by atoms with E-state index in [1.54, 1.807) is 0 Å². The first-order chi connectivity index (χ1) is 13.6. The minimum absolute atomic E-state index is 0.0479. The average Bonchev–Trinajstić information content (AvgIpc) is 3.18. The highest BCUT2D eigenvalue weighted by Crippen LogP contribution is 2.25. The molecule has 0 atom stereocenters. The standard InChI is InChI=1S/C22H28O5Si/c1-3-4-17-28(20-11-7-5-8-12-20,21-13-9-6-10-14-21)26-18-22(27-19(2)23)24-15-16-25-22/h5-14H,3-4,15-18H2,1-2H3. The highest BCUT2D eigenvalue weighted by atomic mass is 28.4. The highest BCUT2D eigenvalue weighted by molar-refractivity contribution is 6.97. The number of hydrogen-bond acceptors (Lipinski definition) is 5. The van der Waals surface area contributed by atoms with E-state index in [4.69, 9.17) is 18.6 Å². The second kappa shape index (κ2) is 9.47. The number of ether oxygens (including phenoxy) is 3. The van der Waals surface area contributed by atoms with Gasteiger partial charge in [-0.1, -0.05) is 80.4 Å². The van der Waals surface area contributed by atoms with Gasteiger partial charge in [0.1, 0.15) is 6.61 Å². The largest absolute Gasteiger partial charge is 0.406 e. The van der Waals surface area contributed by atoms with E-state index in [9.17, 15) is 4.79 Å². The zero-order chi connectivity index (χ0) is 19.9. The summed E-state index contributed by atoms with van der Waals surface area (Å²) in [5.74, 6) is -1.91. The Morgan fingerprint density at radius 1 is 1.00 bits per heavy atom. The first kappa shape index (κ1) is 20.7. The molecule has 28 heavy (non-hydrogen) atoms. The molecule has 0 radical (unpaired) electrons. The molecule has 0 unspecified atom stereocenters. The van der Waals surface area contributed by atoms with Gasteiger partial charge in [0.2, 0.25) is 0 Å². The molecule has 0 aliphatic carbocycles. The highest BCUT2D eigenvalue weighted by Gasteiger charge is 2.46. The SMILES string of the molecule is CCCC[Si](OCC1(OC(C)=O)OCCO1)(c1ccccc1)c1ccccc1. The number of carbonyl (C=O) groups excluding carboxylic acids is 1. The van der Waals surface area contributed by atoms with Crippen LogP contribution >= 0.6 is 0 Å². The zero-order valence-electron chi connectivity index (χ0n) is 16.6. The third kappa shape index (κ3) is 4.70. The van der Waals surface area contributed by atoms with Crippen molar-refractivity contribution < 1.29 is 23.4 Å². The Labute approximate surface area is 167 Å². The fraction of sp³-hybridized carbons (Fsp3) is 0.409. The first-order valence-corrected chi connectivity index (χ1v) is 11.9. The van der Waals surface area contributed by atoms with Gasteiger partial charge in [-0.15, -0.1) is 0 Å². The van der Waals surface area contributed by atoms with Gasteiger partial charge in [-0.25, -0.2) is 0 Å². The van der Waals surface area contributed by atoms with Crippen LogP contribution in [0, 0.1) is 0 Å². The Bertz CT molecular complexity index is 705. The summed E-state index contributed by atoms with van der Waals surface area (Å²) in [6.45, 7) is 4.32. The molecule has 5 nitrogen and oxygen atoms in total. The number of carbonyl (C=O) groups is 1. The Balaban J connectivity index is 1.98. The Morgan fingerprint density at radius 2 is 1.54 bits per heavy atom. The van der Waals surface area contributed by atoms with E-state index in [-0.39, 0.29) is 6.61 Å². The fourth-order valence-corrected chi connectivity index (χ4v) is 7.70. The molecule has 1 aliphatic rings. The summed E-state index contributed by atoms with van der Waals surface area (Å²) in [7, 11) is -2.59. The smallest absolute Gasteiger partial charge is 0.352 e. The van der Waals surface area contributed by atoms with Gasteiger partial charge in [0.05, 0.1) is 13.2 Å². The average molecular weight is 401 g/mol. The van der Waals surface area contributed by atoms with Crippen LogP contribution in [-0.2, 0) is 23.4 Å². The maximum Gasteiger partial charge on any atom is 0.352 e. The van der Waals surface area contributed by atoms with E-state index < -0.39 is 20.3 Å². The lowest BCUT2D eigenvalue weighted by molar-refractivity contribution is -0.323. The molecule has 2 aromatic rings. The molecule has 150 valence electrons. The van der Waals surface area contributed by atoms with Crippen molar-refractivity contribution >= 4 is 24.7 Å². The Hall–Kier alpha value is -1.99. The zero-order valence-corrected chi connectivity index (χ0v) is 17.6. The van der Waals surface area contributed by atoms with Crippen LogP contribution in [0.4, 0.5) is 0 Å². The van der Waals surface area contributed by atoms with E-state index in [0.29, 0.717) is 13.2 Å². The minimum Gasteiger partial charge on any atom is -0.406 e. The van der Waals surface area contributed by atoms with Crippen LogP contribution in [-0.4, -0.2) is 40.1 Å². The monoisotopic (exact) mass is 400 g/mol. The molecule has 0 aromatic heterocycles. The van der Waals surface area contributed by atoms with E-state index in [2.05, 4.69) is 31.2 Å². The van der Waals surface area contributed by atoms with Gasteiger partial charge in [-0.05, 0) is 16.4 Å². The molecule has 0 amide bonds. The van der Waals surface area contributed by atoms with E-state index in [1.165, 1.54) is 17.3 Å². The molecule has 1 fully saturated rings. The molecule has 2 aromatic carbocycles. The second-order valence-electron chi connectivity index (χ2n) is 6.92. The lowest BCUT2D eigenvalue weighted by Crippen LogP contribution is -2.62. The molecule has 1 saturated heterocycles. The number of rotatable bonds is 9. The molecule has 1 aliphatic heterocycles. The minimum atomic E-state index is -2.59. The molecular formula is C22H28O5Si. The Morgan fingerprint density at radius 3 is 2.00 bits per heavy atom. The van der Waals surface area contributed by atoms with Crippen LogP contribution < -0.4 is 10.4 Å². The van der Waals surface area contributed by atoms with Crippen LogP contribution in [0.1, 0.15) is 26.7 Å². The van der Waals surface area contributed by atoms with Crippen molar-refractivity contribution in [1.29, 1.82) is 0 Å². The Kier molecular flexibility index (Phi) is 7.01. The van der Waals surface area contributed by atoms with Crippen LogP contribution in [0.25, 0.3) is 0 Å². The van der Waals surface area contributed by atoms with Crippen LogP contribution in [0.15, 0.2) is 60.7 Å². The third-order valence-corrected chi connectivity index (χ3v) is 9.11. The first-order valence-electron chi connectivity index (χ1n) is 9.83. The summed E-state index contributed by atoms with van der Waals surface area (Å²) in [6, 6.07) is 21.6. The normalized spacial score (nSPS) is 16.1. The summed E-state index contributed by atoms with van der Waals surface area (Å²) in [5, 5.41) is 2.37. The molecule has 0 spiro atoms. The molecule has 3 rings (SSSR count). The van der Waals surface area contributed by atoms with Crippen molar-refractivity contribution in [3.8, 4) is 0 Å². The van der Waals surface area contributed by atoms with Crippen LogP contribution in [0.5, 0.6) is 0 Å². The van der Waals surface area contributed by atoms with Crippen molar-refractivity contribution in [1.82, 2.24) is 0 Å². The summed E-state index contributed by atoms with van der Waals surface area (Å²) in [4.78, 5) is 11.6. The van der Waals surface area contributed by atoms with Crippen molar-refractivity contribution in [3.63, 3.8) is 0 Å².